The quantitative estimate of drug-likeness (QED) is 0.616. The van der Waals surface area contributed by atoms with Crippen molar-refractivity contribution in [2.45, 2.75) is 16.8 Å². The summed E-state index contributed by atoms with van der Waals surface area (Å²) in [6.07, 6.45) is 1.84. The van der Waals surface area contributed by atoms with Gasteiger partial charge in [0.1, 0.15) is 0 Å². The summed E-state index contributed by atoms with van der Waals surface area (Å²) in [5, 5.41) is 8.65. The van der Waals surface area contributed by atoms with Gasteiger partial charge in [0.05, 0.1) is 13.2 Å². The molecule has 1 saturated heterocycles. The zero-order valence-electron chi connectivity index (χ0n) is 14.2. The number of nitrogens with zero attached hydrogens (tertiary/aromatic N) is 3. The summed E-state index contributed by atoms with van der Waals surface area (Å²) in [7, 11) is 0. The first-order chi connectivity index (χ1) is 12.8. The van der Waals surface area contributed by atoms with Gasteiger partial charge in [-0.2, -0.15) is 0 Å². The Morgan fingerprint density at radius 2 is 1.65 bits per heavy atom. The second kappa shape index (κ2) is 7.45. The van der Waals surface area contributed by atoms with E-state index in [0.717, 1.165) is 22.1 Å². The Labute approximate surface area is 156 Å². The van der Waals surface area contributed by atoms with E-state index in [0.29, 0.717) is 19.8 Å². The molecule has 1 aliphatic rings. The lowest BCUT2D eigenvalue weighted by Crippen LogP contribution is -2.23. The monoisotopic (exact) mass is 365 g/mol. The fraction of sp³-hybridized carbons (Fsp3) is 0.200. The number of benzene rings is 2. The lowest BCUT2D eigenvalue weighted by atomic mass is 10.2. The Bertz CT molecular complexity index is 875. The van der Waals surface area contributed by atoms with Crippen LogP contribution in [0.4, 0.5) is 0 Å². The molecule has 0 saturated carbocycles. The van der Waals surface area contributed by atoms with Crippen LogP contribution in [0.2, 0.25) is 0 Å². The molecule has 0 N–H and O–H groups in total. The Morgan fingerprint density at radius 1 is 1.00 bits per heavy atom. The van der Waals surface area contributed by atoms with E-state index in [1.165, 1.54) is 11.8 Å². The zero-order valence-corrected chi connectivity index (χ0v) is 15.1. The molecular weight excluding hydrogens is 346 g/mol. The van der Waals surface area contributed by atoms with Gasteiger partial charge in [-0.25, -0.2) is 0 Å². The topological polar surface area (TPSA) is 49.2 Å². The van der Waals surface area contributed by atoms with Gasteiger partial charge >= 0.3 is 0 Å². The van der Waals surface area contributed by atoms with E-state index in [2.05, 4.69) is 16.8 Å². The van der Waals surface area contributed by atoms with Crippen LogP contribution in [0, 0.1) is 0 Å². The third-order valence-corrected chi connectivity index (χ3v) is 5.31. The molecule has 0 atom stereocenters. The number of rotatable bonds is 6. The van der Waals surface area contributed by atoms with Crippen molar-refractivity contribution in [3.63, 3.8) is 0 Å². The van der Waals surface area contributed by atoms with Gasteiger partial charge < -0.3 is 9.47 Å². The van der Waals surface area contributed by atoms with E-state index >= 15 is 0 Å². The van der Waals surface area contributed by atoms with Crippen LogP contribution >= 0.6 is 11.8 Å². The molecule has 1 fully saturated rings. The third kappa shape index (κ3) is 3.19. The second-order valence-corrected chi connectivity index (χ2v) is 6.90. The molecule has 26 heavy (non-hydrogen) atoms. The maximum absolute atomic E-state index is 6.01. The summed E-state index contributed by atoms with van der Waals surface area (Å²) in [5.41, 5.74) is 1.97. The van der Waals surface area contributed by atoms with Crippen molar-refractivity contribution >= 4 is 11.8 Å². The van der Waals surface area contributed by atoms with Crippen LogP contribution in [0.5, 0.6) is 0 Å². The molecule has 0 unspecified atom stereocenters. The summed E-state index contributed by atoms with van der Waals surface area (Å²) < 4.78 is 14.1. The number of hydrogen-bond acceptors (Lipinski definition) is 5. The molecule has 3 aromatic rings. The predicted molar refractivity (Wildman–Crippen MR) is 102 cm³/mol. The standard InChI is InChI=1S/C20H19N3O2S/c1-2-13-23-18(16-9-5-3-6-10-16)21-22-19(23)26-20(24-14-15-25-20)17-11-7-4-8-12-17/h2-12H,1,13-15H2. The molecule has 6 heteroatoms. The minimum absolute atomic E-state index is 0.545. The molecule has 1 aromatic heterocycles. The van der Waals surface area contributed by atoms with Crippen molar-refractivity contribution in [1.82, 2.24) is 14.8 Å². The summed E-state index contributed by atoms with van der Waals surface area (Å²) in [6.45, 7) is 5.56. The number of allylic oxidation sites excluding steroid dienone is 1. The summed E-state index contributed by atoms with van der Waals surface area (Å²) in [5.74, 6) is 0.800. The zero-order chi connectivity index (χ0) is 17.8. The van der Waals surface area contributed by atoms with Crippen molar-refractivity contribution in [1.29, 1.82) is 0 Å². The van der Waals surface area contributed by atoms with Crippen molar-refractivity contribution < 1.29 is 9.47 Å². The maximum atomic E-state index is 6.01. The van der Waals surface area contributed by atoms with Gasteiger partial charge in [-0.3, -0.25) is 4.57 Å². The minimum Gasteiger partial charge on any atom is -0.335 e. The molecule has 2 aromatic carbocycles. The Hall–Kier alpha value is -2.41. The second-order valence-electron chi connectivity index (χ2n) is 5.79. The van der Waals surface area contributed by atoms with E-state index in [1.807, 2.05) is 71.3 Å². The van der Waals surface area contributed by atoms with Crippen LogP contribution in [0.1, 0.15) is 5.56 Å². The molecule has 2 heterocycles. The van der Waals surface area contributed by atoms with Crippen LogP contribution in [-0.4, -0.2) is 28.0 Å². The van der Waals surface area contributed by atoms with E-state index in [9.17, 15) is 0 Å². The summed E-state index contributed by atoms with van der Waals surface area (Å²) in [4.78, 5) is 0. The highest BCUT2D eigenvalue weighted by atomic mass is 32.2. The fourth-order valence-electron chi connectivity index (χ4n) is 2.90. The van der Waals surface area contributed by atoms with Crippen LogP contribution in [0.3, 0.4) is 0 Å². The Balaban J connectivity index is 1.73. The first-order valence-electron chi connectivity index (χ1n) is 8.44. The van der Waals surface area contributed by atoms with Gasteiger partial charge in [0.15, 0.2) is 11.0 Å². The molecule has 0 aliphatic carbocycles. The fourth-order valence-corrected chi connectivity index (χ4v) is 4.03. The van der Waals surface area contributed by atoms with E-state index < -0.39 is 5.12 Å². The average molecular weight is 365 g/mol. The van der Waals surface area contributed by atoms with Gasteiger partial charge in [-0.15, -0.1) is 16.8 Å². The highest BCUT2D eigenvalue weighted by molar-refractivity contribution is 7.99. The molecule has 5 nitrogen and oxygen atoms in total. The van der Waals surface area contributed by atoms with Crippen LogP contribution in [0.15, 0.2) is 78.5 Å². The highest BCUT2D eigenvalue weighted by Crippen LogP contribution is 2.45. The Kier molecular flexibility index (Phi) is 4.88. The lowest BCUT2D eigenvalue weighted by molar-refractivity contribution is -0.0818. The molecule has 132 valence electrons. The summed E-state index contributed by atoms with van der Waals surface area (Å²) in [6, 6.07) is 19.9. The number of thioether (sulfide) groups is 1. The average Bonchev–Trinajstić information content (AvgIpc) is 3.32. The lowest BCUT2D eigenvalue weighted by Gasteiger charge is -2.26. The smallest absolute Gasteiger partial charge is 0.253 e. The largest absolute Gasteiger partial charge is 0.335 e. The van der Waals surface area contributed by atoms with Crippen LogP contribution < -0.4 is 0 Å². The van der Waals surface area contributed by atoms with Crippen LogP contribution in [0.25, 0.3) is 11.4 Å². The number of hydrogen-bond donors (Lipinski definition) is 0. The highest BCUT2D eigenvalue weighted by Gasteiger charge is 2.41. The molecule has 0 radical (unpaired) electrons. The molecule has 0 spiro atoms. The van der Waals surface area contributed by atoms with Crippen molar-refractivity contribution in [2.75, 3.05) is 13.2 Å². The molecule has 1 aliphatic heterocycles. The number of aromatic nitrogens is 3. The van der Waals surface area contributed by atoms with Crippen molar-refractivity contribution in [3.8, 4) is 11.4 Å². The first kappa shape index (κ1) is 17.0. The number of ether oxygens (including phenoxy) is 2. The normalized spacial score (nSPS) is 15.8. The van der Waals surface area contributed by atoms with Gasteiger partial charge in [0.2, 0.25) is 0 Å². The molecule has 0 bridgehead atoms. The first-order valence-corrected chi connectivity index (χ1v) is 9.26. The van der Waals surface area contributed by atoms with E-state index in [1.54, 1.807) is 0 Å². The third-order valence-electron chi connectivity index (χ3n) is 4.08. The van der Waals surface area contributed by atoms with Gasteiger partial charge in [-0.05, 0) is 11.8 Å². The molecule has 0 amide bonds. The minimum atomic E-state index is -0.902. The maximum Gasteiger partial charge on any atom is 0.253 e. The van der Waals surface area contributed by atoms with Gasteiger partial charge in [-0.1, -0.05) is 66.7 Å². The molecular formula is C20H19N3O2S. The van der Waals surface area contributed by atoms with Gasteiger partial charge in [0.25, 0.3) is 5.12 Å². The van der Waals surface area contributed by atoms with Crippen molar-refractivity contribution in [2.24, 2.45) is 0 Å². The molecule has 4 rings (SSSR count). The SMILES string of the molecule is C=CCn1c(SC2(c3ccccc3)OCCO2)nnc1-c1ccccc1. The predicted octanol–water partition coefficient (Wildman–Crippen LogP) is 4.08. The van der Waals surface area contributed by atoms with E-state index in [-0.39, 0.29) is 0 Å². The summed E-state index contributed by atoms with van der Waals surface area (Å²) >= 11 is 1.43. The van der Waals surface area contributed by atoms with Crippen LogP contribution in [-0.2, 0) is 21.1 Å². The van der Waals surface area contributed by atoms with E-state index in [4.69, 9.17) is 9.47 Å². The Morgan fingerprint density at radius 3 is 2.31 bits per heavy atom. The van der Waals surface area contributed by atoms with Gasteiger partial charge in [0, 0.05) is 17.7 Å². The van der Waals surface area contributed by atoms with Crippen molar-refractivity contribution in [3.05, 3.63) is 78.9 Å².